The van der Waals surface area contributed by atoms with Crippen molar-refractivity contribution >= 4 is 15.6 Å². The summed E-state index contributed by atoms with van der Waals surface area (Å²) in [4.78, 5) is 0. The Hall–Kier alpha value is -3.24. The van der Waals surface area contributed by atoms with Crippen LogP contribution >= 0.6 is 15.6 Å². The average molecular weight is 628 g/mol. The van der Waals surface area contributed by atoms with Gasteiger partial charge in [0.25, 0.3) is 0 Å². The van der Waals surface area contributed by atoms with E-state index in [0.717, 1.165) is 13.1 Å². The molecule has 0 N–H and O–H groups in total. The van der Waals surface area contributed by atoms with Crippen LogP contribution in [0, 0.1) is 0 Å². The first kappa shape index (κ1) is 33.0. The van der Waals surface area contributed by atoms with Crippen molar-refractivity contribution in [3.8, 4) is 11.1 Å². The van der Waals surface area contributed by atoms with E-state index in [1.165, 1.54) is 22.3 Å². The smallest absolute Gasteiger partial charge is 0.173 e. The van der Waals surface area contributed by atoms with Crippen molar-refractivity contribution in [1.82, 2.24) is 0 Å². The van der Waals surface area contributed by atoms with E-state index in [1.54, 1.807) is 0 Å². The van der Waals surface area contributed by atoms with Crippen molar-refractivity contribution in [3.05, 3.63) is 121 Å². The maximum atomic E-state index is 9.87. The van der Waals surface area contributed by atoms with Gasteiger partial charge in [-0.25, -0.2) is 9.13 Å². The Morgan fingerprint density at radius 2 is 0.600 bits per heavy atom. The van der Waals surface area contributed by atoms with Gasteiger partial charge in [0.05, 0.1) is 0 Å². The molecule has 0 radical (unpaired) electrons. The van der Waals surface area contributed by atoms with E-state index in [-0.39, 0.29) is 0 Å². The first-order valence-electron chi connectivity index (χ1n) is 11.0. The van der Waals surface area contributed by atoms with Gasteiger partial charge in [0.1, 0.15) is 0 Å². The molecule has 2 heterocycles. The number of hydrogen-bond donors (Lipinski definition) is 0. The third-order valence-electron chi connectivity index (χ3n) is 4.53. The normalized spacial score (nSPS) is 15.0. The summed E-state index contributed by atoms with van der Waals surface area (Å²) in [5.41, 5.74) is 5.10. The molecule has 0 aliphatic carbocycles. The topological polar surface area (TPSA) is 7.76 Å². The summed E-state index contributed by atoms with van der Waals surface area (Å²) >= 11 is 0. The van der Waals surface area contributed by atoms with E-state index in [9.17, 15) is 50.4 Å². The van der Waals surface area contributed by atoms with Crippen LogP contribution in [0.15, 0.2) is 110 Å². The van der Waals surface area contributed by atoms with Crippen molar-refractivity contribution in [2.24, 2.45) is 0 Å². The molecule has 2 aromatic carbocycles. The van der Waals surface area contributed by atoms with Gasteiger partial charge in [0, 0.05) is 35.4 Å². The van der Waals surface area contributed by atoms with Gasteiger partial charge in [-0.3, -0.25) is 0 Å². The van der Waals surface area contributed by atoms with Gasteiger partial charge in [0.15, 0.2) is 37.9 Å². The number of pyridine rings is 2. The Bertz CT molecular complexity index is 1240. The zero-order chi connectivity index (χ0) is 30.4. The molecule has 16 heteroatoms. The third-order valence-corrected chi connectivity index (χ3v) is 4.53. The second-order valence-corrected chi connectivity index (χ2v) is 12.2. The predicted molar refractivity (Wildman–Crippen MR) is 130 cm³/mol. The van der Waals surface area contributed by atoms with Gasteiger partial charge in [0.2, 0.25) is 0 Å². The van der Waals surface area contributed by atoms with E-state index in [2.05, 4.69) is 119 Å². The summed E-state index contributed by atoms with van der Waals surface area (Å²) in [7, 11) is -21.3. The number of hydrogen-bond acceptors (Lipinski definition) is 0. The molecule has 0 atom stereocenters. The number of aromatic nitrogens is 2. The molecule has 0 saturated heterocycles. The fraction of sp³-hybridized carbons (Fsp3) is 0.0833. The van der Waals surface area contributed by atoms with Gasteiger partial charge >= 0.3 is 66.0 Å². The zero-order valence-corrected chi connectivity index (χ0v) is 21.9. The minimum Gasteiger partial charge on any atom is -0.201 e. The van der Waals surface area contributed by atoms with Crippen LogP contribution in [0.25, 0.3) is 11.1 Å². The second kappa shape index (κ2) is 10.3. The Kier molecular flexibility index (Phi) is 8.49. The van der Waals surface area contributed by atoms with Gasteiger partial charge in [-0.2, -0.15) is 0 Å². The van der Waals surface area contributed by atoms with Crippen LogP contribution < -0.4 is 9.13 Å². The van der Waals surface area contributed by atoms with Crippen LogP contribution in [0.2, 0.25) is 0 Å². The Labute approximate surface area is 220 Å². The fourth-order valence-electron chi connectivity index (χ4n) is 3.10. The minimum absolute atomic E-state index is 0.896. The van der Waals surface area contributed by atoms with Gasteiger partial charge in [-0.15, -0.1) is 0 Å². The quantitative estimate of drug-likeness (QED) is 0.118. The van der Waals surface area contributed by atoms with Crippen LogP contribution in [0.4, 0.5) is 50.4 Å². The maximum Gasteiger partial charge on any atom is 0.173 e. The molecular weight excluding hydrogens is 606 g/mol. The van der Waals surface area contributed by atoms with E-state index >= 15 is 0 Å². The van der Waals surface area contributed by atoms with Crippen LogP contribution in [0.3, 0.4) is 0 Å². The molecule has 4 rings (SSSR count). The SMILES string of the molecule is F[P-](F)(F)(F)(F)F.F[P-](F)(F)(F)(F)F.c1ccc(C[n+]2ccc(-c3cc[n+](Cc4ccccc4)cc3)cc2)cc1. The molecule has 0 amide bonds. The molecule has 0 fully saturated rings. The van der Waals surface area contributed by atoms with Crippen LogP contribution in [0.5, 0.6) is 0 Å². The monoisotopic (exact) mass is 628 g/mol. The molecule has 222 valence electrons. The van der Waals surface area contributed by atoms with Crippen LogP contribution in [-0.2, 0) is 13.1 Å². The molecule has 0 saturated carbocycles. The Balaban J connectivity index is 0.000000333. The number of benzene rings is 2. The van der Waals surface area contributed by atoms with Crippen molar-refractivity contribution < 1.29 is 59.5 Å². The van der Waals surface area contributed by atoms with Crippen molar-refractivity contribution in [2.75, 3.05) is 0 Å². The van der Waals surface area contributed by atoms with Crippen LogP contribution in [-0.4, -0.2) is 0 Å². The summed E-state index contributed by atoms with van der Waals surface area (Å²) in [6.07, 6.45) is 8.58. The van der Waals surface area contributed by atoms with Gasteiger partial charge in [-0.1, -0.05) is 60.7 Å². The second-order valence-electron chi connectivity index (χ2n) is 8.41. The molecule has 2 nitrogen and oxygen atoms in total. The third kappa shape index (κ3) is 19.8. The van der Waals surface area contributed by atoms with E-state index in [4.69, 9.17) is 0 Å². The Morgan fingerprint density at radius 1 is 0.375 bits per heavy atom. The largest absolute Gasteiger partial charge is 0.201 e. The van der Waals surface area contributed by atoms with Crippen LogP contribution in [0.1, 0.15) is 11.1 Å². The van der Waals surface area contributed by atoms with Crippen molar-refractivity contribution in [2.45, 2.75) is 13.1 Å². The summed E-state index contributed by atoms with van der Waals surface area (Å²) in [5, 5.41) is 0. The fourth-order valence-corrected chi connectivity index (χ4v) is 3.10. The molecule has 0 aliphatic rings. The minimum atomic E-state index is -10.7. The number of halogens is 12. The van der Waals surface area contributed by atoms with E-state index in [0.29, 0.717) is 0 Å². The molecule has 40 heavy (non-hydrogen) atoms. The summed E-state index contributed by atoms with van der Waals surface area (Å²) < 4.78 is 123. The molecular formula is C24H22F12N2P2. The van der Waals surface area contributed by atoms with Gasteiger partial charge < -0.3 is 0 Å². The first-order chi connectivity index (χ1) is 17.8. The van der Waals surface area contributed by atoms with Crippen molar-refractivity contribution in [3.63, 3.8) is 0 Å². The molecule has 0 aliphatic heterocycles. The maximum absolute atomic E-state index is 10.7. The molecule has 0 bridgehead atoms. The summed E-state index contributed by atoms with van der Waals surface area (Å²) in [5.74, 6) is 0. The standard InChI is InChI=1S/C24H22N2.2F6P/c1-3-7-21(8-4-1)19-25-15-11-23(12-16-25)24-13-17-26(18-14-24)20-22-9-5-2-6-10-22;2*1-7(2,3,4,5)6/h1-18H,19-20H2;;/q+2;2*-1. The first-order valence-corrected chi connectivity index (χ1v) is 15.0. The van der Waals surface area contributed by atoms with E-state index < -0.39 is 15.6 Å². The number of rotatable bonds is 5. The molecule has 2 aromatic heterocycles. The average Bonchev–Trinajstić information content (AvgIpc) is 2.78. The van der Waals surface area contributed by atoms with Crippen molar-refractivity contribution in [1.29, 1.82) is 0 Å². The predicted octanol–water partition coefficient (Wildman–Crippen LogP) is 10.8. The number of nitrogens with zero attached hydrogens (tertiary/aromatic N) is 2. The molecule has 4 aromatic rings. The van der Waals surface area contributed by atoms with Gasteiger partial charge in [-0.05, 0) is 11.1 Å². The summed E-state index contributed by atoms with van der Waals surface area (Å²) in [6.45, 7) is 1.79. The van der Waals surface area contributed by atoms with E-state index in [1.807, 2.05) is 0 Å². The zero-order valence-electron chi connectivity index (χ0n) is 20.1. The Morgan fingerprint density at radius 3 is 0.825 bits per heavy atom. The summed E-state index contributed by atoms with van der Waals surface area (Å²) in [6, 6.07) is 29.8. The molecule has 0 unspecified atom stereocenters. The molecule has 0 spiro atoms.